The zero-order valence-electron chi connectivity index (χ0n) is 8.69. The van der Waals surface area contributed by atoms with Crippen molar-refractivity contribution in [2.24, 2.45) is 5.41 Å². The predicted molar refractivity (Wildman–Crippen MR) is 51.1 cm³/mol. The van der Waals surface area contributed by atoms with Gasteiger partial charge in [-0.3, -0.25) is 0 Å². The van der Waals surface area contributed by atoms with E-state index >= 15 is 0 Å². The zero-order chi connectivity index (χ0) is 10.9. The van der Waals surface area contributed by atoms with Gasteiger partial charge in [-0.05, 0) is 6.42 Å². The molecular weight excluding hydrogens is 172 g/mol. The zero-order valence-corrected chi connectivity index (χ0v) is 8.69. The van der Waals surface area contributed by atoms with Crippen LogP contribution in [-0.2, 0) is 0 Å². The Labute approximate surface area is 79.8 Å². The van der Waals surface area contributed by atoms with Crippen LogP contribution in [0.2, 0.25) is 0 Å². The summed E-state index contributed by atoms with van der Waals surface area (Å²) in [5.74, 6) is 0. The molecule has 13 heavy (non-hydrogen) atoms. The monoisotopic (exact) mass is 194 g/mol. The Kier molecular flexibility index (Phi) is 9.94. The van der Waals surface area contributed by atoms with Crippen LogP contribution in [0.5, 0.6) is 0 Å². The van der Waals surface area contributed by atoms with E-state index in [1.165, 1.54) is 0 Å². The standard InChI is InChI=1S/C5H12O2.C4H10O2/c1-5(2,3-6)4-7;1-2-3-4(5)6/h6-7H,3-4H2,1-2H3;4-6H,2-3H2,1H3. The minimum Gasteiger partial charge on any atom is -0.396 e. The van der Waals surface area contributed by atoms with Crippen molar-refractivity contribution in [2.45, 2.75) is 39.9 Å². The van der Waals surface area contributed by atoms with Crippen LogP contribution < -0.4 is 0 Å². The number of hydrogen-bond acceptors (Lipinski definition) is 4. The fourth-order valence-corrected chi connectivity index (χ4v) is 0.308. The van der Waals surface area contributed by atoms with Crippen molar-refractivity contribution in [3.63, 3.8) is 0 Å². The van der Waals surface area contributed by atoms with Crippen molar-refractivity contribution < 1.29 is 20.4 Å². The van der Waals surface area contributed by atoms with Gasteiger partial charge < -0.3 is 20.4 Å². The second-order valence-corrected chi connectivity index (χ2v) is 3.75. The molecule has 0 spiro atoms. The molecule has 0 aromatic heterocycles. The Hall–Kier alpha value is -0.160. The van der Waals surface area contributed by atoms with Crippen LogP contribution >= 0.6 is 0 Å². The molecule has 0 radical (unpaired) electrons. The SMILES string of the molecule is CC(C)(CO)CO.CCCC(O)O. The lowest BCUT2D eigenvalue weighted by Crippen LogP contribution is -2.20. The molecule has 4 N–H and O–H groups in total. The summed E-state index contributed by atoms with van der Waals surface area (Å²) in [6.07, 6.45) is 0.215. The normalized spacial score (nSPS) is 11.1. The molecule has 4 nitrogen and oxygen atoms in total. The first-order valence-corrected chi connectivity index (χ1v) is 4.47. The molecule has 0 aliphatic rings. The number of rotatable bonds is 4. The van der Waals surface area contributed by atoms with Gasteiger partial charge in [-0.25, -0.2) is 0 Å². The molecule has 0 aromatic carbocycles. The van der Waals surface area contributed by atoms with Crippen LogP contribution in [0.25, 0.3) is 0 Å². The summed E-state index contributed by atoms with van der Waals surface area (Å²) in [6, 6.07) is 0. The summed E-state index contributed by atoms with van der Waals surface area (Å²) in [7, 11) is 0. The smallest absolute Gasteiger partial charge is 0.151 e. The van der Waals surface area contributed by atoms with E-state index in [-0.39, 0.29) is 18.6 Å². The van der Waals surface area contributed by atoms with Crippen LogP contribution in [0.1, 0.15) is 33.6 Å². The molecule has 0 aliphatic heterocycles. The summed E-state index contributed by atoms with van der Waals surface area (Å²) in [6.45, 7) is 5.59. The first kappa shape index (κ1) is 15.3. The van der Waals surface area contributed by atoms with Gasteiger partial charge in [0.2, 0.25) is 0 Å². The van der Waals surface area contributed by atoms with Gasteiger partial charge in [0.05, 0.1) is 13.2 Å². The molecule has 82 valence electrons. The van der Waals surface area contributed by atoms with Gasteiger partial charge in [0.15, 0.2) is 6.29 Å². The summed E-state index contributed by atoms with van der Waals surface area (Å²) in [4.78, 5) is 0. The van der Waals surface area contributed by atoms with Crippen molar-refractivity contribution in [3.8, 4) is 0 Å². The summed E-state index contributed by atoms with van der Waals surface area (Å²) in [5.41, 5.74) is -0.306. The molecular formula is C9H22O4. The van der Waals surface area contributed by atoms with E-state index in [4.69, 9.17) is 20.4 Å². The van der Waals surface area contributed by atoms with Crippen LogP contribution in [-0.4, -0.2) is 39.9 Å². The highest BCUT2D eigenvalue weighted by Crippen LogP contribution is 2.10. The van der Waals surface area contributed by atoms with E-state index < -0.39 is 6.29 Å². The third-order valence-electron chi connectivity index (χ3n) is 1.40. The second kappa shape index (κ2) is 8.44. The Morgan fingerprint density at radius 1 is 1.08 bits per heavy atom. The van der Waals surface area contributed by atoms with Crippen molar-refractivity contribution in [1.82, 2.24) is 0 Å². The van der Waals surface area contributed by atoms with Crippen molar-refractivity contribution in [1.29, 1.82) is 0 Å². The highest BCUT2D eigenvalue weighted by molar-refractivity contribution is 4.62. The maximum Gasteiger partial charge on any atom is 0.151 e. The first-order valence-electron chi connectivity index (χ1n) is 4.47. The van der Waals surface area contributed by atoms with Gasteiger partial charge in [0.1, 0.15) is 0 Å². The third kappa shape index (κ3) is 14.7. The maximum atomic E-state index is 8.43. The van der Waals surface area contributed by atoms with Crippen LogP contribution in [0, 0.1) is 5.41 Å². The molecule has 0 heterocycles. The lowest BCUT2D eigenvalue weighted by Gasteiger charge is -2.16. The Bertz CT molecular complexity index is 95.8. The van der Waals surface area contributed by atoms with Crippen molar-refractivity contribution >= 4 is 0 Å². The van der Waals surface area contributed by atoms with E-state index in [0.717, 1.165) is 6.42 Å². The average molecular weight is 194 g/mol. The molecule has 0 aromatic rings. The quantitative estimate of drug-likeness (QED) is 0.478. The van der Waals surface area contributed by atoms with Gasteiger partial charge in [0.25, 0.3) is 0 Å². The van der Waals surface area contributed by atoms with Gasteiger partial charge >= 0.3 is 0 Å². The minimum atomic E-state index is -1.10. The van der Waals surface area contributed by atoms with Gasteiger partial charge in [0, 0.05) is 5.41 Å². The van der Waals surface area contributed by atoms with Gasteiger partial charge in [-0.15, -0.1) is 0 Å². The lowest BCUT2D eigenvalue weighted by atomic mass is 9.97. The molecule has 0 rings (SSSR count). The van der Waals surface area contributed by atoms with Crippen LogP contribution in [0.15, 0.2) is 0 Å². The molecule has 0 atom stereocenters. The third-order valence-corrected chi connectivity index (χ3v) is 1.40. The Balaban J connectivity index is 0. The highest BCUT2D eigenvalue weighted by Gasteiger charge is 2.13. The molecule has 0 amide bonds. The van der Waals surface area contributed by atoms with E-state index in [0.29, 0.717) is 6.42 Å². The van der Waals surface area contributed by atoms with E-state index in [1.54, 1.807) is 13.8 Å². The van der Waals surface area contributed by atoms with Crippen LogP contribution in [0.4, 0.5) is 0 Å². The molecule has 0 unspecified atom stereocenters. The van der Waals surface area contributed by atoms with Crippen LogP contribution in [0.3, 0.4) is 0 Å². The Morgan fingerprint density at radius 3 is 1.46 bits per heavy atom. The number of aliphatic hydroxyl groups is 4. The summed E-state index contributed by atoms with van der Waals surface area (Å²) in [5, 5.41) is 33.1. The lowest BCUT2D eigenvalue weighted by molar-refractivity contribution is -0.0453. The molecule has 0 saturated heterocycles. The van der Waals surface area contributed by atoms with E-state index in [9.17, 15) is 0 Å². The summed E-state index contributed by atoms with van der Waals surface area (Å²) >= 11 is 0. The first-order chi connectivity index (χ1) is 5.89. The molecule has 0 aliphatic carbocycles. The van der Waals surface area contributed by atoms with Crippen molar-refractivity contribution in [3.05, 3.63) is 0 Å². The summed E-state index contributed by atoms with van der Waals surface area (Å²) < 4.78 is 0. The number of hydrogen-bond donors (Lipinski definition) is 4. The average Bonchev–Trinajstić information content (AvgIpc) is 2.05. The van der Waals surface area contributed by atoms with Gasteiger partial charge in [-0.1, -0.05) is 27.2 Å². The molecule has 0 saturated carbocycles. The molecule has 4 heteroatoms. The second-order valence-electron chi connectivity index (χ2n) is 3.75. The Morgan fingerprint density at radius 2 is 1.46 bits per heavy atom. The molecule has 0 bridgehead atoms. The maximum absolute atomic E-state index is 8.43. The molecule has 0 fully saturated rings. The largest absolute Gasteiger partial charge is 0.396 e. The number of aliphatic hydroxyl groups excluding tert-OH is 3. The predicted octanol–water partition coefficient (Wildman–Crippen LogP) is 0.0944. The van der Waals surface area contributed by atoms with Crippen molar-refractivity contribution in [2.75, 3.05) is 13.2 Å². The van der Waals surface area contributed by atoms with Gasteiger partial charge in [-0.2, -0.15) is 0 Å². The fourth-order valence-electron chi connectivity index (χ4n) is 0.308. The highest BCUT2D eigenvalue weighted by atomic mass is 16.5. The van der Waals surface area contributed by atoms with E-state index in [2.05, 4.69) is 0 Å². The minimum absolute atomic E-state index is 0.0451. The fraction of sp³-hybridized carbons (Fsp3) is 1.00. The van der Waals surface area contributed by atoms with E-state index in [1.807, 2.05) is 6.92 Å². The topological polar surface area (TPSA) is 80.9 Å².